The molecule has 1 atom stereocenters. The van der Waals surface area contributed by atoms with E-state index in [0.717, 1.165) is 0 Å². The first-order valence-corrected chi connectivity index (χ1v) is 7.98. The zero-order chi connectivity index (χ0) is 18.2. The number of nitrogens with one attached hydrogen (secondary N) is 1. The van der Waals surface area contributed by atoms with Gasteiger partial charge in [0.15, 0.2) is 6.04 Å². The summed E-state index contributed by atoms with van der Waals surface area (Å²) in [4.78, 5) is 25.3. The van der Waals surface area contributed by atoms with Crippen LogP contribution in [0.3, 0.4) is 0 Å². The lowest BCUT2D eigenvalue weighted by Gasteiger charge is -2.22. The molecule has 0 radical (unpaired) electrons. The lowest BCUT2D eigenvalue weighted by atomic mass is 10.1. The maximum Gasteiger partial charge on any atom is 0.412 e. The molecule has 0 spiro atoms. The van der Waals surface area contributed by atoms with E-state index in [0.29, 0.717) is 13.1 Å². The average molecular weight is 344 g/mol. The van der Waals surface area contributed by atoms with Crippen molar-refractivity contribution in [1.82, 2.24) is 10.2 Å². The van der Waals surface area contributed by atoms with Crippen molar-refractivity contribution >= 4 is 11.8 Å². The van der Waals surface area contributed by atoms with Gasteiger partial charge in [-0.1, -0.05) is 30.3 Å². The summed E-state index contributed by atoms with van der Waals surface area (Å²) < 4.78 is 39.4. The van der Waals surface area contributed by atoms with Gasteiger partial charge in [-0.3, -0.25) is 9.59 Å². The zero-order valence-electron chi connectivity index (χ0n) is 13.9. The first kappa shape index (κ1) is 20.0. The highest BCUT2D eigenvalue weighted by Gasteiger charge is 2.41. The van der Waals surface area contributed by atoms with Crippen LogP contribution in [0.2, 0.25) is 0 Å². The molecule has 1 aromatic carbocycles. The van der Waals surface area contributed by atoms with Crippen molar-refractivity contribution in [3.8, 4) is 0 Å². The molecule has 7 heteroatoms. The number of amides is 2. The predicted molar refractivity (Wildman–Crippen MR) is 85.2 cm³/mol. The van der Waals surface area contributed by atoms with Crippen LogP contribution in [0.25, 0.3) is 0 Å². The highest BCUT2D eigenvalue weighted by atomic mass is 19.4. The van der Waals surface area contributed by atoms with Gasteiger partial charge in [-0.25, -0.2) is 0 Å². The molecule has 2 amide bonds. The normalized spacial score (nSPS) is 12.5. The Morgan fingerprint density at radius 2 is 1.67 bits per heavy atom. The molecular formula is C17H23F3N2O2. The maximum atomic E-state index is 13.1. The molecule has 0 aliphatic rings. The third-order valence-electron chi connectivity index (χ3n) is 3.68. The molecule has 134 valence electrons. The van der Waals surface area contributed by atoms with Gasteiger partial charge in [-0.2, -0.15) is 13.2 Å². The molecule has 1 rings (SSSR count). The van der Waals surface area contributed by atoms with E-state index in [4.69, 9.17) is 0 Å². The van der Waals surface area contributed by atoms with Crippen LogP contribution in [0, 0.1) is 0 Å². The summed E-state index contributed by atoms with van der Waals surface area (Å²) in [6, 6.07) is 5.19. The molecule has 0 aliphatic carbocycles. The molecule has 4 nitrogen and oxygen atoms in total. The number of rotatable bonds is 8. The van der Waals surface area contributed by atoms with Gasteiger partial charge < -0.3 is 10.2 Å². The van der Waals surface area contributed by atoms with Crippen molar-refractivity contribution in [2.75, 3.05) is 13.1 Å². The predicted octanol–water partition coefficient (Wildman–Crippen LogP) is 3.44. The van der Waals surface area contributed by atoms with E-state index in [1.807, 2.05) is 19.2 Å². The van der Waals surface area contributed by atoms with E-state index < -0.39 is 18.1 Å². The highest BCUT2D eigenvalue weighted by Crippen LogP contribution is 2.32. The minimum Gasteiger partial charge on any atom is -0.343 e. The second kappa shape index (κ2) is 9.30. The van der Waals surface area contributed by atoms with Crippen molar-refractivity contribution < 1.29 is 22.8 Å². The zero-order valence-corrected chi connectivity index (χ0v) is 13.9. The van der Waals surface area contributed by atoms with Crippen molar-refractivity contribution in [2.45, 2.75) is 45.3 Å². The number of halogens is 3. The van der Waals surface area contributed by atoms with Crippen molar-refractivity contribution in [3.63, 3.8) is 0 Å². The molecule has 1 N–H and O–H groups in total. The summed E-state index contributed by atoms with van der Waals surface area (Å²) >= 11 is 0. The Balaban J connectivity index is 2.57. The average Bonchev–Trinajstić information content (AvgIpc) is 2.53. The van der Waals surface area contributed by atoms with E-state index in [2.05, 4.69) is 0 Å². The molecule has 0 unspecified atom stereocenters. The van der Waals surface area contributed by atoms with Gasteiger partial charge in [0.2, 0.25) is 11.8 Å². The van der Waals surface area contributed by atoms with Crippen molar-refractivity contribution in [3.05, 3.63) is 35.9 Å². The number of carbonyl (C=O) groups is 2. The Labute approximate surface area is 140 Å². The SMILES string of the molecule is CCN(CC)C(=O)CCCC(=O)N[C@@H](c1ccccc1)C(F)(F)F. The van der Waals surface area contributed by atoms with E-state index >= 15 is 0 Å². The van der Waals surface area contributed by atoms with Gasteiger partial charge in [0.1, 0.15) is 0 Å². The summed E-state index contributed by atoms with van der Waals surface area (Å²) in [6.45, 7) is 4.85. The lowest BCUT2D eigenvalue weighted by molar-refractivity contribution is -0.163. The van der Waals surface area contributed by atoms with E-state index in [1.54, 1.807) is 11.0 Å². The third kappa shape index (κ3) is 6.22. The van der Waals surface area contributed by atoms with E-state index in [1.165, 1.54) is 24.3 Å². The first-order chi connectivity index (χ1) is 11.3. The molecular weight excluding hydrogens is 321 g/mol. The minimum absolute atomic E-state index is 0.0161. The van der Waals surface area contributed by atoms with Gasteiger partial charge in [0, 0.05) is 25.9 Å². The smallest absolute Gasteiger partial charge is 0.343 e. The fourth-order valence-corrected chi connectivity index (χ4v) is 2.37. The lowest BCUT2D eigenvalue weighted by Crippen LogP contribution is -2.38. The molecule has 0 aromatic heterocycles. The number of hydrogen-bond acceptors (Lipinski definition) is 2. The molecule has 0 bridgehead atoms. The van der Waals surface area contributed by atoms with Gasteiger partial charge in [-0.15, -0.1) is 0 Å². The molecule has 0 aliphatic heterocycles. The first-order valence-electron chi connectivity index (χ1n) is 7.98. The fourth-order valence-electron chi connectivity index (χ4n) is 2.37. The number of alkyl halides is 3. The Bertz CT molecular complexity index is 528. The van der Waals surface area contributed by atoms with E-state index in [-0.39, 0.29) is 30.7 Å². The Morgan fingerprint density at radius 1 is 1.08 bits per heavy atom. The van der Waals surface area contributed by atoms with Crippen LogP contribution in [0.4, 0.5) is 13.2 Å². The van der Waals surface area contributed by atoms with Crippen LogP contribution in [-0.2, 0) is 9.59 Å². The molecule has 0 heterocycles. The van der Waals surface area contributed by atoms with Gasteiger partial charge in [-0.05, 0) is 25.8 Å². The summed E-state index contributed by atoms with van der Waals surface area (Å²) in [7, 11) is 0. The monoisotopic (exact) mass is 344 g/mol. The highest BCUT2D eigenvalue weighted by molar-refractivity contribution is 5.79. The summed E-state index contributed by atoms with van der Waals surface area (Å²) in [5, 5.41) is 2.02. The second-order valence-electron chi connectivity index (χ2n) is 5.37. The number of nitrogens with zero attached hydrogens (tertiary/aromatic N) is 1. The summed E-state index contributed by atoms with van der Waals surface area (Å²) in [5.41, 5.74) is -0.0161. The van der Waals surface area contributed by atoms with Crippen molar-refractivity contribution in [2.24, 2.45) is 0 Å². The van der Waals surface area contributed by atoms with Crippen molar-refractivity contribution in [1.29, 1.82) is 0 Å². The van der Waals surface area contributed by atoms with Crippen LogP contribution >= 0.6 is 0 Å². The molecule has 24 heavy (non-hydrogen) atoms. The van der Waals surface area contributed by atoms with Crippen LogP contribution < -0.4 is 5.32 Å². The van der Waals surface area contributed by atoms with E-state index in [9.17, 15) is 22.8 Å². The Hall–Kier alpha value is -2.05. The Kier molecular flexibility index (Phi) is 7.74. The molecule has 1 aromatic rings. The van der Waals surface area contributed by atoms with Crippen LogP contribution in [0.1, 0.15) is 44.7 Å². The third-order valence-corrected chi connectivity index (χ3v) is 3.68. The van der Waals surface area contributed by atoms with Gasteiger partial charge >= 0.3 is 6.18 Å². The fraction of sp³-hybridized carbons (Fsp3) is 0.529. The standard InChI is InChI=1S/C17H23F3N2O2/c1-3-22(4-2)15(24)12-8-11-14(23)21-16(17(18,19)20)13-9-6-5-7-10-13/h5-7,9-10,16H,3-4,8,11-12H2,1-2H3,(H,21,23)/t16-/m0/s1. The summed E-state index contributed by atoms with van der Waals surface area (Å²) in [5.74, 6) is -0.809. The number of carbonyl (C=O) groups excluding carboxylic acids is 2. The number of hydrogen-bond donors (Lipinski definition) is 1. The molecule has 0 saturated carbocycles. The van der Waals surface area contributed by atoms with Gasteiger partial charge in [0.25, 0.3) is 0 Å². The van der Waals surface area contributed by atoms with Gasteiger partial charge in [0.05, 0.1) is 0 Å². The molecule has 0 fully saturated rings. The number of benzene rings is 1. The van der Waals surface area contributed by atoms with Crippen LogP contribution in [0.15, 0.2) is 30.3 Å². The van der Waals surface area contributed by atoms with Crippen LogP contribution in [0.5, 0.6) is 0 Å². The van der Waals surface area contributed by atoms with Crippen LogP contribution in [-0.4, -0.2) is 36.0 Å². The largest absolute Gasteiger partial charge is 0.412 e. The minimum atomic E-state index is -4.58. The topological polar surface area (TPSA) is 49.4 Å². The summed E-state index contributed by atoms with van der Waals surface area (Å²) in [6.07, 6.45) is -4.32. The quantitative estimate of drug-likeness (QED) is 0.785. The second-order valence-corrected chi connectivity index (χ2v) is 5.37. The maximum absolute atomic E-state index is 13.1. The Morgan fingerprint density at radius 3 is 2.17 bits per heavy atom. The molecule has 0 saturated heterocycles.